The van der Waals surface area contributed by atoms with Crippen LogP contribution in [0, 0.1) is 0 Å². The first-order valence-corrected chi connectivity index (χ1v) is 10.4. The molecule has 3 heterocycles. The van der Waals surface area contributed by atoms with Crippen LogP contribution >= 0.6 is 0 Å². The van der Waals surface area contributed by atoms with Crippen LogP contribution in [0.3, 0.4) is 0 Å². The van der Waals surface area contributed by atoms with Gasteiger partial charge in [0.2, 0.25) is 12.0 Å². The highest BCUT2D eigenvalue weighted by atomic mass is 16.6. The Bertz CT molecular complexity index is 1230. The van der Waals surface area contributed by atoms with E-state index < -0.39 is 6.10 Å². The normalized spacial score (nSPS) is 17.9. The number of carbonyl (C=O) groups is 2. The minimum absolute atomic E-state index is 0.151. The first kappa shape index (κ1) is 20.0. The summed E-state index contributed by atoms with van der Waals surface area (Å²) in [5, 5.41) is 8.30. The van der Waals surface area contributed by atoms with Crippen molar-refractivity contribution in [1.82, 2.24) is 24.8 Å². The molecule has 10 heteroatoms. The number of hydrogen-bond donors (Lipinski definition) is 0. The van der Waals surface area contributed by atoms with E-state index in [4.69, 9.17) is 9.47 Å². The van der Waals surface area contributed by atoms with Gasteiger partial charge >= 0.3 is 0 Å². The summed E-state index contributed by atoms with van der Waals surface area (Å²) in [5.74, 6) is 0.769. The van der Waals surface area contributed by atoms with Gasteiger partial charge in [-0.1, -0.05) is 29.5 Å². The van der Waals surface area contributed by atoms with Crippen LogP contribution in [0.25, 0.3) is 10.9 Å². The van der Waals surface area contributed by atoms with Crippen LogP contribution < -0.4 is 15.0 Å². The van der Waals surface area contributed by atoms with E-state index in [0.717, 1.165) is 4.68 Å². The van der Waals surface area contributed by atoms with E-state index in [1.165, 1.54) is 0 Å². The average Bonchev–Trinajstić information content (AvgIpc) is 2.85. The van der Waals surface area contributed by atoms with Gasteiger partial charge in [0.05, 0.1) is 5.39 Å². The van der Waals surface area contributed by atoms with Gasteiger partial charge in [-0.05, 0) is 24.3 Å². The molecule has 0 N–H and O–H groups in total. The van der Waals surface area contributed by atoms with Gasteiger partial charge < -0.3 is 19.3 Å². The van der Waals surface area contributed by atoms with Crippen molar-refractivity contribution in [2.24, 2.45) is 0 Å². The van der Waals surface area contributed by atoms with Crippen molar-refractivity contribution >= 4 is 22.7 Å². The molecule has 2 amide bonds. The Kier molecular flexibility index (Phi) is 5.18. The minimum Gasteiger partial charge on any atom is -0.485 e. The molecule has 164 valence electrons. The molecule has 2 aliphatic rings. The van der Waals surface area contributed by atoms with Crippen LogP contribution in [-0.2, 0) is 16.1 Å². The Balaban J connectivity index is 1.19. The molecule has 1 aromatic heterocycles. The van der Waals surface area contributed by atoms with Crippen LogP contribution in [0.5, 0.6) is 11.5 Å². The minimum atomic E-state index is -0.710. The number of carbonyl (C=O) groups excluding carboxylic acids is 2. The highest BCUT2D eigenvalue weighted by molar-refractivity contribution is 5.83. The van der Waals surface area contributed by atoms with Gasteiger partial charge in [-0.25, -0.2) is 4.68 Å². The summed E-state index contributed by atoms with van der Waals surface area (Å²) in [6.07, 6.45) is -0.710. The molecule has 0 spiro atoms. The van der Waals surface area contributed by atoms with Gasteiger partial charge in [0.25, 0.3) is 11.5 Å². The van der Waals surface area contributed by atoms with Crippen LogP contribution in [0.1, 0.15) is 0 Å². The second-order valence-electron chi connectivity index (χ2n) is 7.64. The van der Waals surface area contributed by atoms with Gasteiger partial charge in [-0.3, -0.25) is 14.4 Å². The molecule has 0 unspecified atom stereocenters. The fourth-order valence-electron chi connectivity index (χ4n) is 3.88. The molecule has 0 aliphatic carbocycles. The lowest BCUT2D eigenvalue weighted by Gasteiger charge is -2.37. The summed E-state index contributed by atoms with van der Waals surface area (Å²) >= 11 is 0. The maximum absolute atomic E-state index is 12.9. The third kappa shape index (κ3) is 3.75. The van der Waals surface area contributed by atoms with Gasteiger partial charge in [0, 0.05) is 26.2 Å². The fourth-order valence-corrected chi connectivity index (χ4v) is 3.88. The molecule has 10 nitrogen and oxygen atoms in total. The van der Waals surface area contributed by atoms with E-state index in [1.807, 2.05) is 12.1 Å². The number of rotatable bonds is 3. The maximum Gasteiger partial charge on any atom is 0.278 e. The van der Waals surface area contributed by atoms with E-state index in [-0.39, 0.29) is 30.5 Å². The number of fused-ring (bicyclic) bond motifs is 2. The van der Waals surface area contributed by atoms with Crippen molar-refractivity contribution in [3.8, 4) is 11.5 Å². The van der Waals surface area contributed by atoms with Crippen LogP contribution in [0.15, 0.2) is 53.3 Å². The SMILES string of the molecule is O=C(Cn1nnc2ccccc2c1=O)N1CCN(C(=O)[C@@H]2COc3ccccc3O2)CC1. The first-order valence-electron chi connectivity index (χ1n) is 10.4. The van der Waals surface area contributed by atoms with Crippen molar-refractivity contribution in [3.63, 3.8) is 0 Å². The zero-order valence-electron chi connectivity index (χ0n) is 17.2. The summed E-state index contributed by atoms with van der Waals surface area (Å²) in [6.45, 7) is 1.45. The molecule has 0 radical (unpaired) electrons. The molecule has 5 rings (SSSR count). The summed E-state index contributed by atoms with van der Waals surface area (Å²) < 4.78 is 12.5. The maximum atomic E-state index is 12.9. The second kappa shape index (κ2) is 8.29. The number of ether oxygens (including phenoxy) is 2. The number of amides is 2. The summed E-state index contributed by atoms with van der Waals surface area (Å²) in [4.78, 5) is 41.4. The summed E-state index contributed by atoms with van der Waals surface area (Å²) in [6, 6.07) is 14.1. The third-order valence-corrected chi connectivity index (χ3v) is 5.64. The van der Waals surface area contributed by atoms with Crippen molar-refractivity contribution in [2.45, 2.75) is 12.6 Å². The molecular formula is C22H21N5O5. The molecular weight excluding hydrogens is 414 g/mol. The van der Waals surface area contributed by atoms with Crippen LogP contribution in [-0.4, -0.2) is 75.5 Å². The quantitative estimate of drug-likeness (QED) is 0.583. The molecule has 32 heavy (non-hydrogen) atoms. The lowest BCUT2D eigenvalue weighted by atomic mass is 10.2. The predicted molar refractivity (Wildman–Crippen MR) is 113 cm³/mol. The third-order valence-electron chi connectivity index (χ3n) is 5.64. The molecule has 1 atom stereocenters. The van der Waals surface area contributed by atoms with E-state index in [0.29, 0.717) is 48.6 Å². The average molecular weight is 435 g/mol. The Morgan fingerprint density at radius 3 is 2.44 bits per heavy atom. The number of aromatic nitrogens is 3. The summed E-state index contributed by atoms with van der Waals surface area (Å²) in [7, 11) is 0. The van der Waals surface area contributed by atoms with Crippen LogP contribution in [0.4, 0.5) is 0 Å². The Hall–Kier alpha value is -3.95. The number of hydrogen-bond acceptors (Lipinski definition) is 7. The van der Waals surface area contributed by atoms with E-state index in [2.05, 4.69) is 10.3 Å². The highest BCUT2D eigenvalue weighted by Gasteiger charge is 2.33. The molecule has 1 saturated heterocycles. The predicted octanol–water partition coefficient (Wildman–Crippen LogP) is 0.302. The first-order chi connectivity index (χ1) is 15.6. The standard InChI is InChI=1S/C22H21N5O5/c28-20(13-27-21(29)15-5-1-2-6-16(15)23-24-27)25-9-11-26(12-10-25)22(30)19-14-31-17-7-3-4-8-18(17)32-19/h1-8,19H,9-14H2/t19-/m0/s1. The summed E-state index contributed by atoms with van der Waals surface area (Å²) in [5.41, 5.74) is 0.136. The zero-order chi connectivity index (χ0) is 22.1. The van der Waals surface area contributed by atoms with E-state index >= 15 is 0 Å². The molecule has 0 saturated carbocycles. The topological polar surface area (TPSA) is 107 Å². The lowest BCUT2D eigenvalue weighted by Crippen LogP contribution is -2.55. The Morgan fingerprint density at radius 2 is 1.62 bits per heavy atom. The molecule has 3 aromatic rings. The zero-order valence-corrected chi connectivity index (χ0v) is 17.2. The van der Waals surface area contributed by atoms with Gasteiger partial charge in [-0.15, -0.1) is 5.10 Å². The van der Waals surface area contributed by atoms with Crippen molar-refractivity contribution in [3.05, 3.63) is 58.9 Å². The lowest BCUT2D eigenvalue weighted by molar-refractivity contribution is -0.146. The Labute approximate surface area is 182 Å². The van der Waals surface area contributed by atoms with Crippen molar-refractivity contribution in [1.29, 1.82) is 0 Å². The smallest absolute Gasteiger partial charge is 0.278 e. The van der Waals surface area contributed by atoms with Crippen molar-refractivity contribution in [2.75, 3.05) is 32.8 Å². The second-order valence-corrected chi connectivity index (χ2v) is 7.64. The van der Waals surface area contributed by atoms with E-state index in [1.54, 1.807) is 46.2 Å². The number of para-hydroxylation sites is 2. The Morgan fingerprint density at radius 1 is 0.938 bits per heavy atom. The van der Waals surface area contributed by atoms with Gasteiger partial charge in [0.15, 0.2) is 11.5 Å². The molecule has 0 bridgehead atoms. The number of benzene rings is 2. The van der Waals surface area contributed by atoms with Crippen LogP contribution in [0.2, 0.25) is 0 Å². The molecule has 2 aliphatic heterocycles. The molecule has 1 fully saturated rings. The van der Waals surface area contributed by atoms with Gasteiger partial charge in [-0.2, -0.15) is 0 Å². The largest absolute Gasteiger partial charge is 0.485 e. The highest BCUT2D eigenvalue weighted by Crippen LogP contribution is 2.31. The van der Waals surface area contributed by atoms with Crippen molar-refractivity contribution < 1.29 is 19.1 Å². The number of piperazine rings is 1. The monoisotopic (exact) mass is 435 g/mol. The number of nitrogens with zero attached hydrogens (tertiary/aromatic N) is 5. The van der Waals surface area contributed by atoms with E-state index in [9.17, 15) is 14.4 Å². The van der Waals surface area contributed by atoms with Gasteiger partial charge in [0.1, 0.15) is 18.7 Å². The molecule has 2 aromatic carbocycles. The fraction of sp³-hybridized carbons (Fsp3) is 0.318.